The van der Waals surface area contributed by atoms with Crippen LogP contribution in [0.3, 0.4) is 0 Å². The number of nitrogen functional groups attached to an aromatic ring is 1. The molecule has 1 aromatic carbocycles. The molecule has 1 aromatic rings. The minimum atomic E-state index is -0.621. The molecule has 4 nitrogen and oxygen atoms in total. The maximum atomic E-state index is 12.3. The average Bonchev–Trinajstić information content (AvgIpc) is 3.12. The summed E-state index contributed by atoms with van der Waals surface area (Å²) in [6, 6.07) is 5.38. The van der Waals surface area contributed by atoms with Gasteiger partial charge in [-0.05, 0) is 43.4 Å². The van der Waals surface area contributed by atoms with E-state index < -0.39 is 5.60 Å². The molecule has 0 aromatic heterocycles. The Morgan fingerprint density at radius 2 is 2.11 bits per heavy atom. The minimum Gasteiger partial charge on any atom is -0.398 e. The first-order chi connectivity index (χ1) is 8.51. The molecule has 1 heterocycles. The van der Waals surface area contributed by atoms with Gasteiger partial charge in [0.15, 0.2) is 0 Å². The van der Waals surface area contributed by atoms with E-state index in [1.807, 2.05) is 6.92 Å². The Balaban J connectivity index is 1.74. The van der Waals surface area contributed by atoms with Crippen molar-refractivity contribution in [2.75, 3.05) is 18.8 Å². The minimum absolute atomic E-state index is 0.0230. The van der Waals surface area contributed by atoms with Gasteiger partial charge < -0.3 is 15.7 Å². The van der Waals surface area contributed by atoms with Crippen molar-refractivity contribution in [3.8, 4) is 0 Å². The summed E-state index contributed by atoms with van der Waals surface area (Å²) in [7, 11) is 0. The average molecular weight is 246 g/mol. The number of nitrogens with zero attached hydrogens (tertiary/aromatic N) is 1. The Bertz CT molecular complexity index is 503. The second kappa shape index (κ2) is 3.72. The van der Waals surface area contributed by atoms with Crippen LogP contribution in [0, 0.1) is 12.8 Å². The smallest absolute Gasteiger partial charge is 0.254 e. The SMILES string of the molecule is Cc1c(N)cccc1C(=O)N1CC(O)(C2CC2)C1. The number of anilines is 1. The van der Waals surface area contributed by atoms with E-state index in [1.165, 1.54) is 0 Å². The van der Waals surface area contributed by atoms with Gasteiger partial charge in [-0.2, -0.15) is 0 Å². The molecule has 1 aliphatic heterocycles. The zero-order valence-electron chi connectivity index (χ0n) is 10.5. The summed E-state index contributed by atoms with van der Waals surface area (Å²) in [5, 5.41) is 10.2. The van der Waals surface area contributed by atoms with Crippen LogP contribution in [0.1, 0.15) is 28.8 Å². The molecule has 0 atom stereocenters. The molecule has 0 radical (unpaired) electrons. The molecular weight excluding hydrogens is 228 g/mol. The fourth-order valence-corrected chi connectivity index (χ4v) is 2.69. The van der Waals surface area contributed by atoms with Gasteiger partial charge in [-0.3, -0.25) is 4.79 Å². The Labute approximate surface area is 106 Å². The molecule has 96 valence electrons. The molecule has 3 N–H and O–H groups in total. The highest BCUT2D eigenvalue weighted by Crippen LogP contribution is 2.44. The summed E-state index contributed by atoms with van der Waals surface area (Å²) in [5.41, 5.74) is 7.30. The van der Waals surface area contributed by atoms with Crippen molar-refractivity contribution < 1.29 is 9.90 Å². The third-order valence-corrected chi connectivity index (χ3v) is 4.16. The van der Waals surface area contributed by atoms with Gasteiger partial charge in [0.25, 0.3) is 5.91 Å². The first-order valence-electron chi connectivity index (χ1n) is 6.38. The van der Waals surface area contributed by atoms with Crippen molar-refractivity contribution in [2.24, 2.45) is 5.92 Å². The van der Waals surface area contributed by atoms with Gasteiger partial charge in [-0.1, -0.05) is 6.07 Å². The fraction of sp³-hybridized carbons (Fsp3) is 0.500. The molecule has 1 aliphatic carbocycles. The van der Waals surface area contributed by atoms with E-state index in [0.717, 1.165) is 18.4 Å². The summed E-state index contributed by atoms with van der Waals surface area (Å²) in [4.78, 5) is 14.0. The number of benzene rings is 1. The number of rotatable bonds is 2. The van der Waals surface area contributed by atoms with Gasteiger partial charge in [0.05, 0.1) is 13.1 Å². The molecule has 3 rings (SSSR count). The molecule has 4 heteroatoms. The van der Waals surface area contributed by atoms with Crippen molar-refractivity contribution in [3.05, 3.63) is 29.3 Å². The molecule has 1 amide bonds. The van der Waals surface area contributed by atoms with Crippen molar-refractivity contribution in [2.45, 2.75) is 25.4 Å². The quantitative estimate of drug-likeness (QED) is 0.770. The number of hydrogen-bond donors (Lipinski definition) is 2. The first kappa shape index (κ1) is 11.5. The predicted octanol–water partition coefficient (Wildman–Crippen LogP) is 1.17. The Kier molecular flexibility index (Phi) is 2.38. The lowest BCUT2D eigenvalue weighted by Crippen LogP contribution is -2.64. The molecule has 0 bridgehead atoms. The second-order valence-electron chi connectivity index (χ2n) is 5.56. The number of nitrogens with two attached hydrogens (primary N) is 1. The van der Waals surface area contributed by atoms with Gasteiger partial charge in [-0.25, -0.2) is 0 Å². The zero-order valence-corrected chi connectivity index (χ0v) is 10.5. The van der Waals surface area contributed by atoms with Gasteiger partial charge >= 0.3 is 0 Å². The molecule has 18 heavy (non-hydrogen) atoms. The highest BCUT2D eigenvalue weighted by Gasteiger charge is 2.53. The van der Waals surface area contributed by atoms with Crippen LogP contribution in [0.15, 0.2) is 18.2 Å². The van der Waals surface area contributed by atoms with Crippen LogP contribution < -0.4 is 5.73 Å². The lowest BCUT2D eigenvalue weighted by Gasteiger charge is -2.47. The van der Waals surface area contributed by atoms with Crippen LogP contribution >= 0.6 is 0 Å². The maximum absolute atomic E-state index is 12.3. The third kappa shape index (κ3) is 1.68. The van der Waals surface area contributed by atoms with E-state index in [0.29, 0.717) is 30.3 Å². The Morgan fingerprint density at radius 1 is 1.44 bits per heavy atom. The van der Waals surface area contributed by atoms with Gasteiger partial charge in [0.1, 0.15) is 5.60 Å². The zero-order chi connectivity index (χ0) is 12.9. The fourth-order valence-electron chi connectivity index (χ4n) is 2.69. The topological polar surface area (TPSA) is 66.6 Å². The summed E-state index contributed by atoms with van der Waals surface area (Å²) < 4.78 is 0. The van der Waals surface area contributed by atoms with E-state index in [4.69, 9.17) is 5.73 Å². The molecule has 1 saturated carbocycles. The van der Waals surface area contributed by atoms with Crippen molar-refractivity contribution in [1.82, 2.24) is 4.90 Å². The van der Waals surface area contributed by atoms with E-state index in [2.05, 4.69) is 0 Å². The van der Waals surface area contributed by atoms with E-state index in [-0.39, 0.29) is 5.91 Å². The lowest BCUT2D eigenvalue weighted by atomic mass is 9.88. The summed E-state index contributed by atoms with van der Waals surface area (Å²) in [6.45, 7) is 2.78. The molecule has 0 unspecified atom stereocenters. The summed E-state index contributed by atoms with van der Waals surface area (Å²) in [6.07, 6.45) is 2.19. The lowest BCUT2D eigenvalue weighted by molar-refractivity contribution is -0.0958. The number of β-amino-alcohol motifs (C(OH)–C–C–N with tert-alkyl or cyclic N) is 1. The molecule has 1 saturated heterocycles. The van der Waals surface area contributed by atoms with Gasteiger partial charge in [-0.15, -0.1) is 0 Å². The van der Waals surface area contributed by atoms with Crippen LogP contribution in [0.25, 0.3) is 0 Å². The van der Waals surface area contributed by atoms with Crippen molar-refractivity contribution in [3.63, 3.8) is 0 Å². The Hall–Kier alpha value is -1.55. The van der Waals surface area contributed by atoms with Crippen molar-refractivity contribution in [1.29, 1.82) is 0 Å². The second-order valence-corrected chi connectivity index (χ2v) is 5.56. The van der Waals surface area contributed by atoms with Crippen molar-refractivity contribution >= 4 is 11.6 Å². The van der Waals surface area contributed by atoms with E-state index >= 15 is 0 Å². The number of hydrogen-bond acceptors (Lipinski definition) is 3. The van der Waals surface area contributed by atoms with E-state index in [1.54, 1.807) is 23.1 Å². The number of carbonyl (C=O) groups excluding carboxylic acids is 1. The summed E-state index contributed by atoms with van der Waals surface area (Å²) >= 11 is 0. The number of carbonyl (C=O) groups is 1. The Morgan fingerprint density at radius 3 is 2.72 bits per heavy atom. The van der Waals surface area contributed by atoms with Crippen LogP contribution in [-0.4, -0.2) is 34.6 Å². The van der Waals surface area contributed by atoms with Crippen LogP contribution in [0.4, 0.5) is 5.69 Å². The molecule has 2 fully saturated rings. The monoisotopic (exact) mass is 246 g/mol. The van der Waals surface area contributed by atoms with E-state index in [9.17, 15) is 9.90 Å². The number of amides is 1. The number of aliphatic hydroxyl groups is 1. The predicted molar refractivity (Wildman–Crippen MR) is 69.2 cm³/mol. The van der Waals surface area contributed by atoms with Gasteiger partial charge in [0.2, 0.25) is 0 Å². The largest absolute Gasteiger partial charge is 0.398 e. The molecule has 0 spiro atoms. The highest BCUT2D eigenvalue weighted by atomic mass is 16.3. The highest BCUT2D eigenvalue weighted by molar-refractivity contribution is 5.97. The first-order valence-corrected chi connectivity index (χ1v) is 6.38. The standard InChI is InChI=1S/C14H18N2O2/c1-9-11(3-2-4-12(9)15)13(17)16-7-14(18,8-16)10-5-6-10/h2-4,10,18H,5-8,15H2,1H3. The van der Waals surface area contributed by atoms with Crippen LogP contribution in [0.5, 0.6) is 0 Å². The van der Waals surface area contributed by atoms with Crippen LogP contribution in [-0.2, 0) is 0 Å². The molecular formula is C14H18N2O2. The van der Waals surface area contributed by atoms with Gasteiger partial charge in [0, 0.05) is 11.3 Å². The summed E-state index contributed by atoms with van der Waals surface area (Å²) in [5.74, 6) is 0.383. The normalized spacial score (nSPS) is 21.6. The number of likely N-dealkylation sites (tertiary alicyclic amines) is 1. The van der Waals surface area contributed by atoms with Crippen LogP contribution in [0.2, 0.25) is 0 Å². The molecule has 2 aliphatic rings. The maximum Gasteiger partial charge on any atom is 0.254 e. The third-order valence-electron chi connectivity index (χ3n) is 4.16.